The molecule has 0 unspecified atom stereocenters. The maximum Gasteiger partial charge on any atom is 0.269 e. The summed E-state index contributed by atoms with van der Waals surface area (Å²) in [6.07, 6.45) is 3.84. The monoisotopic (exact) mass is 343 g/mol. The first-order valence-electron chi connectivity index (χ1n) is 6.73. The van der Waals surface area contributed by atoms with E-state index in [1.165, 1.54) is 12.1 Å². The van der Waals surface area contributed by atoms with Crippen LogP contribution in [0.5, 0.6) is 0 Å². The summed E-state index contributed by atoms with van der Waals surface area (Å²) in [4.78, 5) is 16.9. The number of rotatable bonds is 4. The highest BCUT2D eigenvalue weighted by Crippen LogP contribution is 2.37. The van der Waals surface area contributed by atoms with Crippen molar-refractivity contribution in [2.45, 2.75) is 4.90 Å². The van der Waals surface area contributed by atoms with E-state index in [1.54, 1.807) is 35.2 Å². The Morgan fingerprint density at radius 3 is 2.61 bits per heavy atom. The lowest BCUT2D eigenvalue weighted by molar-refractivity contribution is -0.384. The second-order valence-electron chi connectivity index (χ2n) is 4.79. The summed E-state index contributed by atoms with van der Waals surface area (Å²) in [6, 6.07) is 12.2. The number of nitrogen functional groups attached to an aromatic ring is 1. The molecule has 0 saturated carbocycles. The van der Waals surface area contributed by atoms with Gasteiger partial charge in [-0.25, -0.2) is 4.98 Å². The number of nitro groups is 1. The van der Waals surface area contributed by atoms with Crippen LogP contribution in [0.1, 0.15) is 0 Å². The summed E-state index contributed by atoms with van der Waals surface area (Å²) in [7, 11) is 0. The molecule has 7 heteroatoms. The van der Waals surface area contributed by atoms with Crippen molar-refractivity contribution in [2.75, 3.05) is 12.0 Å². The average Bonchev–Trinajstić information content (AvgIpc) is 3.04. The molecule has 2 aromatic carbocycles. The van der Waals surface area contributed by atoms with E-state index in [9.17, 15) is 10.1 Å². The van der Waals surface area contributed by atoms with Crippen LogP contribution in [0.3, 0.4) is 0 Å². The van der Waals surface area contributed by atoms with Crippen molar-refractivity contribution in [3.05, 3.63) is 58.8 Å². The molecule has 0 aliphatic carbocycles. The van der Waals surface area contributed by atoms with Crippen molar-refractivity contribution in [1.82, 2.24) is 4.98 Å². The van der Waals surface area contributed by atoms with Crippen LogP contribution in [-0.2, 0) is 0 Å². The molecule has 0 spiro atoms. The van der Waals surface area contributed by atoms with Gasteiger partial charge >= 0.3 is 0 Å². The average molecular weight is 343 g/mol. The quantitative estimate of drug-likeness (QED) is 0.322. The van der Waals surface area contributed by atoms with E-state index in [0.29, 0.717) is 0 Å². The molecule has 0 bridgehead atoms. The van der Waals surface area contributed by atoms with Crippen molar-refractivity contribution < 1.29 is 4.92 Å². The Morgan fingerprint density at radius 2 is 1.96 bits per heavy atom. The Bertz CT molecular complexity index is 860. The molecular formula is C16H13N3O2S2. The highest BCUT2D eigenvalue weighted by Gasteiger charge is 2.12. The molecule has 0 fully saturated rings. The standard InChI is InChI=1S/C16H13N3O2S2/c1-22-14-8-11(17)4-7-13(14)15-9-18-16(23-15)10-2-5-12(6-3-10)19(20)21/h2-9H,17H2,1H3. The van der Waals surface area contributed by atoms with Gasteiger partial charge in [-0.2, -0.15) is 0 Å². The number of hydrogen-bond donors (Lipinski definition) is 1. The zero-order valence-electron chi connectivity index (χ0n) is 12.2. The Morgan fingerprint density at radius 1 is 1.22 bits per heavy atom. The molecule has 0 aliphatic rings. The highest BCUT2D eigenvalue weighted by atomic mass is 32.2. The van der Waals surface area contributed by atoms with E-state index < -0.39 is 4.92 Å². The van der Waals surface area contributed by atoms with Crippen molar-refractivity contribution in [3.63, 3.8) is 0 Å². The first-order valence-corrected chi connectivity index (χ1v) is 8.77. The summed E-state index contributed by atoms with van der Waals surface area (Å²) in [6.45, 7) is 0. The molecule has 0 atom stereocenters. The van der Waals surface area contributed by atoms with Crippen LogP contribution < -0.4 is 5.73 Å². The molecule has 5 nitrogen and oxygen atoms in total. The molecular weight excluding hydrogens is 330 g/mol. The fourth-order valence-corrected chi connectivity index (χ4v) is 3.85. The summed E-state index contributed by atoms with van der Waals surface area (Å²) in [5.41, 5.74) is 8.61. The lowest BCUT2D eigenvalue weighted by Crippen LogP contribution is -1.86. The van der Waals surface area contributed by atoms with Gasteiger partial charge in [-0.15, -0.1) is 23.1 Å². The van der Waals surface area contributed by atoms with Crippen LogP contribution in [0.15, 0.2) is 53.6 Å². The molecule has 3 aromatic rings. The number of thioether (sulfide) groups is 1. The SMILES string of the molecule is CSc1cc(N)ccc1-c1cnc(-c2ccc([N+](=O)[O-])cc2)s1. The number of aromatic nitrogens is 1. The van der Waals surface area contributed by atoms with Gasteiger partial charge in [-0.1, -0.05) is 6.07 Å². The molecule has 0 amide bonds. The van der Waals surface area contributed by atoms with E-state index in [0.717, 1.165) is 31.6 Å². The van der Waals surface area contributed by atoms with E-state index in [2.05, 4.69) is 4.98 Å². The summed E-state index contributed by atoms with van der Waals surface area (Å²) >= 11 is 3.19. The molecule has 0 saturated heterocycles. The number of hydrogen-bond acceptors (Lipinski definition) is 6. The zero-order chi connectivity index (χ0) is 16.4. The van der Waals surface area contributed by atoms with Gasteiger partial charge in [0.2, 0.25) is 0 Å². The topological polar surface area (TPSA) is 82.0 Å². The minimum Gasteiger partial charge on any atom is -0.399 e. The summed E-state index contributed by atoms with van der Waals surface area (Å²) in [5.74, 6) is 0. The predicted octanol–water partition coefficient (Wildman–Crippen LogP) is 4.69. The third kappa shape index (κ3) is 3.20. The van der Waals surface area contributed by atoms with Crippen molar-refractivity contribution in [3.8, 4) is 21.0 Å². The highest BCUT2D eigenvalue weighted by molar-refractivity contribution is 7.98. The largest absolute Gasteiger partial charge is 0.399 e. The van der Waals surface area contributed by atoms with Gasteiger partial charge in [0, 0.05) is 40.0 Å². The van der Waals surface area contributed by atoms with Gasteiger partial charge in [-0.05, 0) is 30.5 Å². The minimum absolute atomic E-state index is 0.0775. The molecule has 0 radical (unpaired) electrons. The van der Waals surface area contributed by atoms with Gasteiger partial charge in [0.25, 0.3) is 5.69 Å². The smallest absolute Gasteiger partial charge is 0.269 e. The van der Waals surface area contributed by atoms with E-state index in [4.69, 9.17) is 5.73 Å². The van der Waals surface area contributed by atoms with Crippen molar-refractivity contribution in [2.24, 2.45) is 0 Å². The lowest BCUT2D eigenvalue weighted by atomic mass is 10.2. The Hall–Kier alpha value is -2.38. The van der Waals surface area contributed by atoms with Crippen LogP contribution in [0.4, 0.5) is 11.4 Å². The fourth-order valence-electron chi connectivity index (χ4n) is 2.17. The van der Waals surface area contributed by atoms with Crippen LogP contribution in [0.2, 0.25) is 0 Å². The van der Waals surface area contributed by atoms with Crippen molar-refractivity contribution in [1.29, 1.82) is 0 Å². The zero-order valence-corrected chi connectivity index (χ0v) is 13.9. The molecule has 2 N–H and O–H groups in total. The number of nitro benzene ring substituents is 1. The fraction of sp³-hybridized carbons (Fsp3) is 0.0625. The second kappa shape index (κ2) is 6.39. The van der Waals surface area contributed by atoms with Gasteiger partial charge in [0.1, 0.15) is 5.01 Å². The van der Waals surface area contributed by atoms with Gasteiger partial charge in [0.05, 0.1) is 9.80 Å². The number of nitrogens with zero attached hydrogens (tertiary/aromatic N) is 2. The molecule has 116 valence electrons. The first kappa shape index (κ1) is 15.5. The van der Waals surface area contributed by atoms with Crippen LogP contribution in [0.25, 0.3) is 21.0 Å². The predicted molar refractivity (Wildman–Crippen MR) is 95.8 cm³/mol. The number of anilines is 1. The van der Waals surface area contributed by atoms with Crippen LogP contribution in [-0.4, -0.2) is 16.2 Å². The number of thiazole rings is 1. The number of nitrogens with two attached hydrogens (primary N) is 1. The Kier molecular flexibility index (Phi) is 4.31. The molecule has 1 heterocycles. The van der Waals surface area contributed by atoms with Gasteiger partial charge in [-0.3, -0.25) is 10.1 Å². The summed E-state index contributed by atoms with van der Waals surface area (Å²) in [5, 5.41) is 11.5. The van der Waals surface area contributed by atoms with Gasteiger partial charge < -0.3 is 5.73 Å². The third-order valence-corrected chi connectivity index (χ3v) is 5.18. The normalized spacial score (nSPS) is 10.7. The van der Waals surface area contributed by atoms with Crippen molar-refractivity contribution >= 4 is 34.5 Å². The number of benzene rings is 2. The minimum atomic E-state index is -0.407. The Labute approximate surface area is 141 Å². The molecule has 23 heavy (non-hydrogen) atoms. The van der Waals surface area contributed by atoms with E-state index >= 15 is 0 Å². The van der Waals surface area contributed by atoms with E-state index in [1.807, 2.05) is 30.7 Å². The van der Waals surface area contributed by atoms with E-state index in [-0.39, 0.29) is 5.69 Å². The van der Waals surface area contributed by atoms with Gasteiger partial charge in [0.15, 0.2) is 0 Å². The van der Waals surface area contributed by atoms with Crippen LogP contribution >= 0.6 is 23.1 Å². The second-order valence-corrected chi connectivity index (χ2v) is 6.67. The Balaban J connectivity index is 1.96. The maximum absolute atomic E-state index is 10.7. The lowest BCUT2D eigenvalue weighted by Gasteiger charge is -2.05. The molecule has 0 aliphatic heterocycles. The number of non-ortho nitro benzene ring substituents is 1. The maximum atomic E-state index is 10.7. The summed E-state index contributed by atoms with van der Waals surface area (Å²) < 4.78 is 0. The van der Waals surface area contributed by atoms with Crippen LogP contribution in [0, 0.1) is 10.1 Å². The molecule has 3 rings (SSSR count). The first-order chi connectivity index (χ1) is 11.1. The molecule has 1 aromatic heterocycles. The third-order valence-electron chi connectivity index (χ3n) is 3.32.